The summed E-state index contributed by atoms with van der Waals surface area (Å²) in [4.78, 5) is 14.3. The van der Waals surface area contributed by atoms with Crippen LogP contribution in [0, 0.1) is 0 Å². The second kappa shape index (κ2) is 6.62. The third-order valence-electron chi connectivity index (χ3n) is 3.94. The minimum Gasteiger partial charge on any atom is -0.497 e. The van der Waals surface area contributed by atoms with Crippen LogP contribution in [0.4, 0.5) is 5.69 Å². The summed E-state index contributed by atoms with van der Waals surface area (Å²) >= 11 is 0. The fourth-order valence-electron chi connectivity index (χ4n) is 2.66. The Morgan fingerprint density at radius 3 is 2.38 bits per heavy atom. The van der Waals surface area contributed by atoms with Gasteiger partial charge < -0.3 is 9.64 Å². The van der Waals surface area contributed by atoms with Gasteiger partial charge in [0.25, 0.3) is 0 Å². The fraction of sp³-hybridized carbons (Fsp3) is 0.235. The van der Waals surface area contributed by atoms with Crippen LogP contribution in [0.1, 0.15) is 6.42 Å². The molecule has 1 aliphatic rings. The molecule has 1 atom stereocenters. The summed E-state index contributed by atoms with van der Waals surface area (Å²) in [7, 11) is -2.14. The molecule has 7 heteroatoms. The molecule has 1 heterocycles. The van der Waals surface area contributed by atoms with E-state index in [1.165, 1.54) is 12.1 Å². The van der Waals surface area contributed by atoms with Gasteiger partial charge in [0.15, 0.2) is 0 Å². The van der Waals surface area contributed by atoms with Crippen molar-refractivity contribution in [3.63, 3.8) is 0 Å². The Morgan fingerprint density at radius 2 is 1.75 bits per heavy atom. The number of nitrogens with zero attached hydrogens (tertiary/aromatic N) is 1. The summed E-state index contributed by atoms with van der Waals surface area (Å²) < 4.78 is 32.3. The first-order chi connectivity index (χ1) is 11.5. The average Bonchev–Trinajstić information content (AvgIpc) is 2.96. The lowest BCUT2D eigenvalue weighted by Crippen LogP contribution is -2.41. The van der Waals surface area contributed by atoms with E-state index in [4.69, 9.17) is 4.74 Å². The first kappa shape index (κ1) is 16.5. The van der Waals surface area contributed by atoms with E-state index in [0.717, 1.165) is 5.69 Å². The number of ether oxygens (including phenoxy) is 1. The summed E-state index contributed by atoms with van der Waals surface area (Å²) in [5.41, 5.74) is 0.724. The molecule has 0 spiro atoms. The van der Waals surface area contributed by atoms with Crippen molar-refractivity contribution in [2.24, 2.45) is 0 Å². The van der Waals surface area contributed by atoms with Crippen molar-refractivity contribution in [1.82, 2.24) is 4.72 Å². The highest BCUT2D eigenvalue weighted by molar-refractivity contribution is 7.89. The van der Waals surface area contributed by atoms with E-state index in [9.17, 15) is 13.2 Å². The van der Waals surface area contributed by atoms with Gasteiger partial charge in [0, 0.05) is 12.2 Å². The van der Waals surface area contributed by atoms with Crippen molar-refractivity contribution < 1.29 is 17.9 Å². The zero-order chi connectivity index (χ0) is 17.2. The van der Waals surface area contributed by atoms with Gasteiger partial charge in [0.2, 0.25) is 15.9 Å². The second-order valence-electron chi connectivity index (χ2n) is 5.46. The number of amides is 1. The summed E-state index contributed by atoms with van der Waals surface area (Å²) in [6, 6.07) is 14.4. The molecule has 0 bridgehead atoms. The van der Waals surface area contributed by atoms with Crippen LogP contribution < -0.4 is 14.4 Å². The van der Waals surface area contributed by atoms with Crippen molar-refractivity contribution in [3.05, 3.63) is 54.6 Å². The van der Waals surface area contributed by atoms with Crippen molar-refractivity contribution in [3.8, 4) is 5.75 Å². The average molecular weight is 346 g/mol. The Balaban J connectivity index is 1.74. The third kappa shape index (κ3) is 3.27. The Labute approximate surface area is 141 Å². The summed E-state index contributed by atoms with van der Waals surface area (Å²) in [5, 5.41) is 0. The quantitative estimate of drug-likeness (QED) is 0.895. The Bertz CT molecular complexity index is 819. The normalized spacial score (nSPS) is 18.0. The van der Waals surface area contributed by atoms with Crippen molar-refractivity contribution in [2.75, 3.05) is 18.6 Å². The third-order valence-corrected chi connectivity index (χ3v) is 5.43. The van der Waals surface area contributed by atoms with Crippen LogP contribution >= 0.6 is 0 Å². The van der Waals surface area contributed by atoms with Crippen LogP contribution in [-0.4, -0.2) is 34.0 Å². The van der Waals surface area contributed by atoms with Gasteiger partial charge in [0.1, 0.15) is 11.8 Å². The molecule has 0 radical (unpaired) electrons. The number of rotatable bonds is 5. The smallest absolute Gasteiger partial charge is 0.245 e. The molecule has 2 aromatic carbocycles. The van der Waals surface area contributed by atoms with Crippen LogP contribution in [0.3, 0.4) is 0 Å². The number of hydrogen-bond donors (Lipinski definition) is 1. The van der Waals surface area contributed by atoms with Crippen LogP contribution in [0.2, 0.25) is 0 Å². The second-order valence-corrected chi connectivity index (χ2v) is 7.18. The Morgan fingerprint density at radius 1 is 1.08 bits per heavy atom. The van der Waals surface area contributed by atoms with Gasteiger partial charge in [-0.05, 0) is 42.8 Å². The van der Waals surface area contributed by atoms with Gasteiger partial charge in [-0.25, -0.2) is 8.42 Å². The largest absolute Gasteiger partial charge is 0.497 e. The van der Waals surface area contributed by atoms with Crippen LogP contribution in [0.25, 0.3) is 0 Å². The summed E-state index contributed by atoms with van der Waals surface area (Å²) in [6.07, 6.45) is 0.428. The molecule has 1 N–H and O–H groups in total. The zero-order valence-corrected chi connectivity index (χ0v) is 14.0. The van der Waals surface area contributed by atoms with E-state index in [1.54, 1.807) is 54.5 Å². The molecule has 1 aliphatic heterocycles. The van der Waals surface area contributed by atoms with E-state index in [0.29, 0.717) is 18.7 Å². The molecule has 2 aromatic rings. The number of hydrogen-bond acceptors (Lipinski definition) is 4. The number of carbonyl (C=O) groups is 1. The molecule has 6 nitrogen and oxygen atoms in total. The minimum atomic E-state index is -3.71. The number of anilines is 1. The van der Waals surface area contributed by atoms with Gasteiger partial charge >= 0.3 is 0 Å². The van der Waals surface area contributed by atoms with E-state index in [2.05, 4.69) is 4.72 Å². The van der Waals surface area contributed by atoms with Crippen LogP contribution in [0.5, 0.6) is 5.75 Å². The SMILES string of the molecule is COc1ccc(N2CC[C@H](NS(=O)(=O)c3ccccc3)C2=O)cc1. The molecule has 1 fully saturated rings. The van der Waals surface area contributed by atoms with Crippen LogP contribution in [-0.2, 0) is 14.8 Å². The van der Waals surface area contributed by atoms with Gasteiger partial charge in [-0.1, -0.05) is 18.2 Å². The highest BCUT2D eigenvalue weighted by atomic mass is 32.2. The highest BCUT2D eigenvalue weighted by Gasteiger charge is 2.35. The number of nitrogens with one attached hydrogen (secondary N) is 1. The molecule has 3 rings (SSSR count). The lowest BCUT2D eigenvalue weighted by Gasteiger charge is -2.17. The van der Waals surface area contributed by atoms with Gasteiger partial charge in [-0.3, -0.25) is 4.79 Å². The lowest BCUT2D eigenvalue weighted by molar-refractivity contribution is -0.118. The van der Waals surface area contributed by atoms with Crippen molar-refractivity contribution >= 4 is 21.6 Å². The number of benzene rings is 2. The number of methoxy groups -OCH3 is 1. The van der Waals surface area contributed by atoms with Gasteiger partial charge in [-0.15, -0.1) is 0 Å². The molecule has 1 amide bonds. The minimum absolute atomic E-state index is 0.153. The number of carbonyl (C=O) groups excluding carboxylic acids is 1. The summed E-state index contributed by atoms with van der Waals surface area (Å²) in [6.45, 7) is 0.465. The molecule has 126 valence electrons. The molecular weight excluding hydrogens is 328 g/mol. The molecule has 24 heavy (non-hydrogen) atoms. The molecule has 1 saturated heterocycles. The van der Waals surface area contributed by atoms with E-state index in [1.807, 2.05) is 0 Å². The van der Waals surface area contributed by atoms with E-state index in [-0.39, 0.29) is 10.8 Å². The standard InChI is InChI=1S/C17H18N2O4S/c1-23-14-9-7-13(8-10-14)19-12-11-16(17(19)20)18-24(21,22)15-5-3-2-4-6-15/h2-10,16,18H,11-12H2,1H3/t16-/m0/s1. The zero-order valence-electron chi connectivity index (χ0n) is 13.2. The fourth-order valence-corrected chi connectivity index (χ4v) is 3.91. The number of sulfonamides is 1. The van der Waals surface area contributed by atoms with E-state index < -0.39 is 16.1 Å². The lowest BCUT2D eigenvalue weighted by atomic mass is 10.2. The molecule has 0 unspecified atom stereocenters. The topological polar surface area (TPSA) is 75.7 Å². The molecule has 0 aromatic heterocycles. The monoisotopic (exact) mass is 346 g/mol. The first-order valence-electron chi connectivity index (χ1n) is 7.54. The highest BCUT2D eigenvalue weighted by Crippen LogP contribution is 2.24. The molecular formula is C17H18N2O4S. The van der Waals surface area contributed by atoms with Gasteiger partial charge in [-0.2, -0.15) is 4.72 Å². The summed E-state index contributed by atoms with van der Waals surface area (Å²) in [5.74, 6) is 0.450. The Kier molecular flexibility index (Phi) is 4.55. The van der Waals surface area contributed by atoms with E-state index >= 15 is 0 Å². The maximum atomic E-state index is 12.5. The maximum absolute atomic E-state index is 12.5. The van der Waals surface area contributed by atoms with Crippen molar-refractivity contribution in [1.29, 1.82) is 0 Å². The molecule has 0 saturated carbocycles. The van der Waals surface area contributed by atoms with Crippen molar-refractivity contribution in [2.45, 2.75) is 17.4 Å². The molecule has 0 aliphatic carbocycles. The van der Waals surface area contributed by atoms with Gasteiger partial charge in [0.05, 0.1) is 12.0 Å². The predicted molar refractivity (Wildman–Crippen MR) is 90.5 cm³/mol. The van der Waals surface area contributed by atoms with Crippen LogP contribution in [0.15, 0.2) is 59.5 Å². The first-order valence-corrected chi connectivity index (χ1v) is 9.02. The Hall–Kier alpha value is -2.38. The predicted octanol–water partition coefficient (Wildman–Crippen LogP) is 1.78. The maximum Gasteiger partial charge on any atom is 0.245 e.